The Morgan fingerprint density at radius 3 is 2.46 bits per heavy atom. The molecule has 0 fully saturated rings. The second-order valence-electron chi connectivity index (χ2n) is 6.86. The number of primary amides is 1. The van der Waals surface area contributed by atoms with E-state index in [0.29, 0.717) is 10.8 Å². The van der Waals surface area contributed by atoms with Gasteiger partial charge in [-0.1, -0.05) is 30.3 Å². The maximum atomic E-state index is 12.7. The summed E-state index contributed by atoms with van der Waals surface area (Å²) in [4.78, 5) is 24.4. The zero-order valence-electron chi connectivity index (χ0n) is 16.1. The van der Waals surface area contributed by atoms with Crippen LogP contribution in [0.2, 0.25) is 0 Å². The molecule has 3 rings (SSSR count). The monoisotopic (exact) mass is 381 g/mol. The minimum Gasteiger partial charge on any atom is -0.490 e. The van der Waals surface area contributed by atoms with Crippen molar-refractivity contribution in [1.82, 2.24) is 9.78 Å². The van der Waals surface area contributed by atoms with E-state index in [1.165, 1.54) is 0 Å². The minimum absolute atomic E-state index is 0.00584. The van der Waals surface area contributed by atoms with E-state index < -0.39 is 17.6 Å². The number of aliphatic hydroxyl groups is 1. The van der Waals surface area contributed by atoms with Gasteiger partial charge in [0, 0.05) is 5.39 Å². The normalized spacial score (nSPS) is 12.1. The van der Waals surface area contributed by atoms with Crippen LogP contribution in [0.4, 0.5) is 0 Å². The van der Waals surface area contributed by atoms with Crippen LogP contribution >= 0.6 is 0 Å². The molecule has 3 N–H and O–H groups in total. The van der Waals surface area contributed by atoms with Crippen LogP contribution in [0.25, 0.3) is 10.8 Å². The first-order chi connectivity index (χ1) is 13.3. The standard InChI is InChI=1S/C21H23N3O4/c1-12-8-9-13(2)19(14(12)3)28-11-15(25)10-24-21(27)17-7-5-4-6-16(17)18(23-24)20(22)26/h4-9,15,25H,10-11H2,1-3H3,(H2,22,26). The second-order valence-corrected chi connectivity index (χ2v) is 6.86. The minimum atomic E-state index is -0.994. The van der Waals surface area contributed by atoms with E-state index in [1.54, 1.807) is 24.3 Å². The quantitative estimate of drug-likeness (QED) is 0.678. The fourth-order valence-corrected chi connectivity index (χ4v) is 3.12. The number of rotatable bonds is 6. The average Bonchev–Trinajstić information content (AvgIpc) is 2.67. The number of carbonyl (C=O) groups is 1. The summed E-state index contributed by atoms with van der Waals surface area (Å²) >= 11 is 0. The molecule has 0 saturated carbocycles. The molecule has 0 aliphatic rings. The number of aryl methyl sites for hydroxylation is 2. The number of aliphatic hydroxyl groups excluding tert-OH is 1. The van der Waals surface area contributed by atoms with Gasteiger partial charge in [-0.3, -0.25) is 9.59 Å². The highest BCUT2D eigenvalue weighted by Gasteiger charge is 2.17. The van der Waals surface area contributed by atoms with Crippen LogP contribution in [0.3, 0.4) is 0 Å². The first-order valence-electron chi connectivity index (χ1n) is 8.97. The maximum absolute atomic E-state index is 12.7. The Kier molecular flexibility index (Phi) is 5.46. The summed E-state index contributed by atoms with van der Waals surface area (Å²) in [5.41, 5.74) is 8.06. The molecule has 7 nitrogen and oxygen atoms in total. The molecule has 1 amide bonds. The molecule has 3 aromatic rings. The first-order valence-corrected chi connectivity index (χ1v) is 8.97. The number of ether oxygens (including phenoxy) is 1. The van der Waals surface area contributed by atoms with Crippen LogP contribution in [0.5, 0.6) is 5.75 Å². The summed E-state index contributed by atoms with van der Waals surface area (Å²) in [5, 5.41) is 15.2. The Labute approximate surface area is 162 Å². The van der Waals surface area contributed by atoms with Crippen molar-refractivity contribution in [1.29, 1.82) is 0 Å². The smallest absolute Gasteiger partial charge is 0.274 e. The van der Waals surface area contributed by atoms with Gasteiger partial charge in [-0.05, 0) is 43.5 Å². The van der Waals surface area contributed by atoms with Gasteiger partial charge in [0.1, 0.15) is 18.5 Å². The zero-order chi connectivity index (χ0) is 20.4. The van der Waals surface area contributed by atoms with E-state index in [-0.39, 0.29) is 18.8 Å². The fraction of sp³-hybridized carbons (Fsp3) is 0.286. The van der Waals surface area contributed by atoms with Gasteiger partial charge < -0.3 is 15.6 Å². The van der Waals surface area contributed by atoms with Crippen molar-refractivity contribution in [3.8, 4) is 5.75 Å². The lowest BCUT2D eigenvalue weighted by Crippen LogP contribution is -2.34. The van der Waals surface area contributed by atoms with Gasteiger partial charge >= 0.3 is 0 Å². The van der Waals surface area contributed by atoms with Gasteiger partial charge in [-0.15, -0.1) is 0 Å². The molecule has 146 valence electrons. The number of fused-ring (bicyclic) bond motifs is 1. The molecule has 1 atom stereocenters. The molecule has 0 saturated heterocycles. The summed E-state index contributed by atoms with van der Waals surface area (Å²) in [6.45, 7) is 5.75. The predicted molar refractivity (Wildman–Crippen MR) is 107 cm³/mol. The Hall–Kier alpha value is -3.19. The third kappa shape index (κ3) is 3.75. The van der Waals surface area contributed by atoms with Crippen molar-refractivity contribution in [3.05, 3.63) is 69.1 Å². The molecule has 2 aromatic carbocycles. The van der Waals surface area contributed by atoms with Crippen molar-refractivity contribution >= 4 is 16.7 Å². The molecular weight excluding hydrogens is 358 g/mol. The number of benzene rings is 2. The molecule has 0 radical (unpaired) electrons. The van der Waals surface area contributed by atoms with Crippen LogP contribution in [0.1, 0.15) is 27.2 Å². The van der Waals surface area contributed by atoms with Crippen molar-refractivity contribution < 1.29 is 14.6 Å². The Morgan fingerprint density at radius 2 is 1.79 bits per heavy atom. The van der Waals surface area contributed by atoms with Crippen LogP contribution in [0, 0.1) is 20.8 Å². The van der Waals surface area contributed by atoms with Crippen LogP contribution in [-0.2, 0) is 6.54 Å². The molecular formula is C21H23N3O4. The summed E-state index contributed by atoms with van der Waals surface area (Å²) in [6.07, 6.45) is -0.994. The number of hydrogen-bond acceptors (Lipinski definition) is 5. The Morgan fingerprint density at radius 1 is 1.14 bits per heavy atom. The van der Waals surface area contributed by atoms with Gasteiger partial charge in [0.05, 0.1) is 11.9 Å². The van der Waals surface area contributed by atoms with Crippen LogP contribution in [-0.4, -0.2) is 33.5 Å². The summed E-state index contributed by atoms with van der Waals surface area (Å²) in [6, 6.07) is 10.6. The van der Waals surface area contributed by atoms with E-state index in [9.17, 15) is 14.7 Å². The number of aromatic nitrogens is 2. The van der Waals surface area contributed by atoms with E-state index in [4.69, 9.17) is 10.5 Å². The van der Waals surface area contributed by atoms with Crippen molar-refractivity contribution in [2.24, 2.45) is 5.73 Å². The summed E-state index contributed by atoms with van der Waals surface area (Å²) in [7, 11) is 0. The summed E-state index contributed by atoms with van der Waals surface area (Å²) < 4.78 is 6.86. The lowest BCUT2D eigenvalue weighted by atomic mass is 10.1. The highest BCUT2D eigenvalue weighted by molar-refractivity contribution is 6.03. The third-order valence-corrected chi connectivity index (χ3v) is 4.78. The Balaban J connectivity index is 1.85. The van der Waals surface area contributed by atoms with Gasteiger partial charge in [0.25, 0.3) is 11.5 Å². The van der Waals surface area contributed by atoms with Crippen molar-refractivity contribution in [3.63, 3.8) is 0 Å². The van der Waals surface area contributed by atoms with E-state index in [1.807, 2.05) is 32.9 Å². The number of hydrogen-bond donors (Lipinski definition) is 2. The third-order valence-electron chi connectivity index (χ3n) is 4.78. The van der Waals surface area contributed by atoms with Crippen molar-refractivity contribution in [2.75, 3.05) is 6.61 Å². The Bertz CT molecular complexity index is 1100. The number of carbonyl (C=O) groups excluding carboxylic acids is 1. The number of nitrogens with zero attached hydrogens (tertiary/aromatic N) is 2. The lowest BCUT2D eigenvalue weighted by molar-refractivity contribution is 0.0865. The van der Waals surface area contributed by atoms with Gasteiger partial charge in [0.2, 0.25) is 0 Å². The molecule has 0 aliphatic heterocycles. The molecule has 1 heterocycles. The van der Waals surface area contributed by atoms with E-state index in [0.717, 1.165) is 27.1 Å². The predicted octanol–water partition coefficient (Wildman–Crippen LogP) is 1.86. The van der Waals surface area contributed by atoms with Crippen molar-refractivity contribution in [2.45, 2.75) is 33.4 Å². The lowest BCUT2D eigenvalue weighted by Gasteiger charge is -2.17. The van der Waals surface area contributed by atoms with Gasteiger partial charge in [0.15, 0.2) is 5.69 Å². The first kappa shape index (κ1) is 19.6. The highest BCUT2D eigenvalue weighted by atomic mass is 16.5. The molecule has 1 aromatic heterocycles. The van der Waals surface area contributed by atoms with Crippen LogP contribution < -0.4 is 16.0 Å². The molecule has 1 unspecified atom stereocenters. The second kappa shape index (κ2) is 7.82. The van der Waals surface area contributed by atoms with E-state index >= 15 is 0 Å². The largest absolute Gasteiger partial charge is 0.490 e. The topological polar surface area (TPSA) is 107 Å². The maximum Gasteiger partial charge on any atom is 0.274 e. The summed E-state index contributed by atoms with van der Waals surface area (Å²) in [5.74, 6) is -0.0163. The van der Waals surface area contributed by atoms with Gasteiger partial charge in [-0.2, -0.15) is 5.10 Å². The molecule has 0 aliphatic carbocycles. The molecule has 7 heteroatoms. The average molecular weight is 381 g/mol. The van der Waals surface area contributed by atoms with Gasteiger partial charge in [-0.25, -0.2) is 4.68 Å². The molecule has 0 spiro atoms. The fourth-order valence-electron chi connectivity index (χ4n) is 3.12. The highest BCUT2D eigenvalue weighted by Crippen LogP contribution is 2.25. The SMILES string of the molecule is Cc1ccc(C)c(OCC(O)Cn2nc(C(N)=O)c3ccccc3c2=O)c1C. The van der Waals surface area contributed by atoms with E-state index in [2.05, 4.69) is 5.10 Å². The zero-order valence-corrected chi connectivity index (χ0v) is 16.1. The molecule has 28 heavy (non-hydrogen) atoms. The van der Waals surface area contributed by atoms with Crippen LogP contribution in [0.15, 0.2) is 41.2 Å². The number of amides is 1. The number of nitrogens with two attached hydrogens (primary N) is 1. The molecule has 0 bridgehead atoms.